The van der Waals surface area contributed by atoms with E-state index in [0.717, 1.165) is 27.2 Å². The Morgan fingerprint density at radius 1 is 1.20 bits per heavy atom. The molecule has 20 heavy (non-hydrogen) atoms. The summed E-state index contributed by atoms with van der Waals surface area (Å²) in [6.45, 7) is 0. The van der Waals surface area contributed by atoms with Gasteiger partial charge in [-0.15, -0.1) is 0 Å². The molecule has 1 aromatic heterocycles. The molecule has 0 saturated carbocycles. The van der Waals surface area contributed by atoms with Crippen LogP contribution >= 0.6 is 27.7 Å². The van der Waals surface area contributed by atoms with Crippen LogP contribution < -0.4 is 5.32 Å². The van der Waals surface area contributed by atoms with Crippen molar-refractivity contribution in [1.29, 1.82) is 0 Å². The Morgan fingerprint density at radius 3 is 2.50 bits per heavy atom. The van der Waals surface area contributed by atoms with E-state index in [4.69, 9.17) is 0 Å². The molecule has 0 spiro atoms. The van der Waals surface area contributed by atoms with Gasteiger partial charge in [0.05, 0.1) is 0 Å². The number of nitrogens with one attached hydrogen (secondary N) is 1. The van der Waals surface area contributed by atoms with Crippen LogP contribution in [0.15, 0.2) is 44.7 Å². The molecular formula is C12H9BrF3N3S. The molecular weight excluding hydrogens is 355 g/mol. The number of alkyl halides is 3. The van der Waals surface area contributed by atoms with Gasteiger partial charge in [0.25, 0.3) is 0 Å². The first-order valence-corrected chi connectivity index (χ1v) is 7.07. The highest BCUT2D eigenvalue weighted by Gasteiger charge is 2.33. The second-order valence-electron chi connectivity index (χ2n) is 3.70. The monoisotopic (exact) mass is 363 g/mol. The summed E-state index contributed by atoms with van der Waals surface area (Å²) in [5.41, 5.74) is -0.966. The fourth-order valence-electron chi connectivity index (χ4n) is 1.37. The summed E-state index contributed by atoms with van der Waals surface area (Å²) in [5.74, 6) is -0.0608. The number of halogens is 4. The van der Waals surface area contributed by atoms with Crippen molar-refractivity contribution in [2.75, 3.05) is 12.4 Å². The summed E-state index contributed by atoms with van der Waals surface area (Å²) < 4.78 is 39.1. The lowest BCUT2D eigenvalue weighted by Gasteiger charge is -2.10. The average molecular weight is 364 g/mol. The number of nitrogens with zero attached hydrogens (tertiary/aromatic N) is 2. The van der Waals surface area contributed by atoms with Crippen LogP contribution in [0.3, 0.4) is 0 Å². The molecule has 0 saturated heterocycles. The molecule has 0 atom stereocenters. The molecule has 1 heterocycles. The molecule has 3 nitrogen and oxygen atoms in total. The maximum absolute atomic E-state index is 12.8. The third kappa shape index (κ3) is 3.63. The highest BCUT2D eigenvalue weighted by molar-refractivity contribution is 9.10. The van der Waals surface area contributed by atoms with Gasteiger partial charge in [0.2, 0.25) is 5.95 Å². The van der Waals surface area contributed by atoms with Gasteiger partial charge in [-0.05, 0) is 28.1 Å². The third-order valence-corrected chi connectivity index (χ3v) is 4.22. The SMILES string of the molecule is CNc1nc(Sc2ccccc2Br)cc(C(F)(F)F)n1. The van der Waals surface area contributed by atoms with E-state index in [1.165, 1.54) is 7.05 Å². The Balaban J connectivity index is 2.39. The second-order valence-corrected chi connectivity index (χ2v) is 5.61. The molecule has 1 aromatic carbocycles. The fourth-order valence-corrected chi connectivity index (χ4v) is 2.74. The molecule has 2 rings (SSSR count). The van der Waals surface area contributed by atoms with Gasteiger partial charge < -0.3 is 5.32 Å². The lowest BCUT2D eigenvalue weighted by atomic mass is 10.4. The Labute approximate surface area is 126 Å². The van der Waals surface area contributed by atoms with Crippen LogP contribution in [0.1, 0.15) is 5.69 Å². The molecule has 106 valence electrons. The Morgan fingerprint density at radius 2 is 1.90 bits per heavy atom. The van der Waals surface area contributed by atoms with Gasteiger partial charge in [0.15, 0.2) is 5.69 Å². The van der Waals surface area contributed by atoms with E-state index in [0.29, 0.717) is 0 Å². The number of benzene rings is 1. The quantitative estimate of drug-likeness (QED) is 0.817. The van der Waals surface area contributed by atoms with Crippen molar-refractivity contribution >= 4 is 33.6 Å². The Kier molecular flexibility index (Phi) is 4.54. The topological polar surface area (TPSA) is 37.8 Å². The van der Waals surface area contributed by atoms with E-state index < -0.39 is 11.9 Å². The zero-order valence-electron chi connectivity index (χ0n) is 10.2. The van der Waals surface area contributed by atoms with E-state index >= 15 is 0 Å². The maximum atomic E-state index is 12.8. The molecule has 1 N–H and O–H groups in total. The van der Waals surface area contributed by atoms with Gasteiger partial charge >= 0.3 is 6.18 Å². The van der Waals surface area contributed by atoms with Crippen LogP contribution in [0.25, 0.3) is 0 Å². The average Bonchev–Trinajstić information content (AvgIpc) is 2.40. The highest BCUT2D eigenvalue weighted by atomic mass is 79.9. The minimum atomic E-state index is -4.50. The molecule has 0 bridgehead atoms. The minimum Gasteiger partial charge on any atom is -0.357 e. The van der Waals surface area contributed by atoms with Crippen LogP contribution in [-0.4, -0.2) is 17.0 Å². The van der Waals surface area contributed by atoms with E-state index in [2.05, 4.69) is 31.2 Å². The van der Waals surface area contributed by atoms with Gasteiger partial charge in [-0.3, -0.25) is 0 Å². The highest BCUT2D eigenvalue weighted by Crippen LogP contribution is 2.35. The molecule has 0 amide bonds. The standard InChI is InChI=1S/C12H9BrF3N3S/c1-17-11-18-9(12(14,15)16)6-10(19-11)20-8-5-3-2-4-7(8)13/h2-6H,1H3,(H,17,18,19). The van der Waals surface area contributed by atoms with Gasteiger partial charge in [-0.2, -0.15) is 13.2 Å². The number of aromatic nitrogens is 2. The summed E-state index contributed by atoms with van der Waals surface area (Å²) in [7, 11) is 1.47. The molecule has 8 heteroatoms. The zero-order valence-corrected chi connectivity index (χ0v) is 12.6. The lowest BCUT2D eigenvalue weighted by Crippen LogP contribution is -2.11. The molecule has 0 fully saturated rings. The normalized spacial score (nSPS) is 11.4. The van der Waals surface area contributed by atoms with Crippen molar-refractivity contribution in [3.8, 4) is 0 Å². The number of hydrogen-bond acceptors (Lipinski definition) is 4. The van der Waals surface area contributed by atoms with Crippen molar-refractivity contribution in [2.24, 2.45) is 0 Å². The van der Waals surface area contributed by atoms with E-state index in [9.17, 15) is 13.2 Å². The second kappa shape index (κ2) is 6.01. The van der Waals surface area contributed by atoms with E-state index in [1.807, 2.05) is 12.1 Å². The molecule has 0 aliphatic carbocycles. The van der Waals surface area contributed by atoms with E-state index in [1.54, 1.807) is 12.1 Å². The van der Waals surface area contributed by atoms with Gasteiger partial charge in [-0.25, -0.2) is 9.97 Å². The predicted octanol–water partition coefficient (Wildman–Crippen LogP) is 4.45. The predicted molar refractivity (Wildman–Crippen MR) is 74.8 cm³/mol. The first kappa shape index (κ1) is 15.1. The molecule has 0 aliphatic rings. The van der Waals surface area contributed by atoms with Crippen molar-refractivity contribution in [1.82, 2.24) is 9.97 Å². The van der Waals surface area contributed by atoms with Crippen LogP contribution in [0.2, 0.25) is 0 Å². The third-order valence-electron chi connectivity index (χ3n) is 2.27. The van der Waals surface area contributed by atoms with E-state index in [-0.39, 0.29) is 11.0 Å². The first-order chi connectivity index (χ1) is 9.40. The molecule has 0 unspecified atom stereocenters. The molecule has 2 aromatic rings. The Bertz CT molecular complexity index is 619. The largest absolute Gasteiger partial charge is 0.433 e. The van der Waals surface area contributed by atoms with Crippen LogP contribution in [0.4, 0.5) is 19.1 Å². The summed E-state index contributed by atoms with van der Waals surface area (Å²) >= 11 is 4.48. The summed E-state index contributed by atoms with van der Waals surface area (Å²) in [4.78, 5) is 8.22. The van der Waals surface area contributed by atoms with Crippen LogP contribution in [-0.2, 0) is 6.18 Å². The number of rotatable bonds is 3. The summed E-state index contributed by atoms with van der Waals surface area (Å²) in [6.07, 6.45) is -4.50. The number of hydrogen-bond donors (Lipinski definition) is 1. The maximum Gasteiger partial charge on any atom is 0.433 e. The van der Waals surface area contributed by atoms with Crippen LogP contribution in [0, 0.1) is 0 Å². The molecule has 0 aliphatic heterocycles. The molecule has 0 radical (unpaired) electrons. The fraction of sp³-hybridized carbons (Fsp3) is 0.167. The lowest BCUT2D eigenvalue weighted by molar-refractivity contribution is -0.141. The Hall–Kier alpha value is -1.28. The van der Waals surface area contributed by atoms with Gasteiger partial charge in [0.1, 0.15) is 5.03 Å². The number of anilines is 1. The summed E-state index contributed by atoms with van der Waals surface area (Å²) in [6, 6.07) is 8.17. The minimum absolute atomic E-state index is 0.0608. The smallest absolute Gasteiger partial charge is 0.357 e. The van der Waals surface area contributed by atoms with Crippen LogP contribution in [0.5, 0.6) is 0 Å². The van der Waals surface area contributed by atoms with Crippen molar-refractivity contribution in [3.63, 3.8) is 0 Å². The summed E-state index contributed by atoms with van der Waals surface area (Å²) in [5, 5.41) is 2.76. The first-order valence-electron chi connectivity index (χ1n) is 5.46. The van der Waals surface area contributed by atoms with Crippen molar-refractivity contribution < 1.29 is 13.2 Å². The zero-order chi connectivity index (χ0) is 14.8. The van der Waals surface area contributed by atoms with Crippen molar-refractivity contribution in [3.05, 3.63) is 40.5 Å². The van der Waals surface area contributed by atoms with Gasteiger partial charge in [0, 0.05) is 22.5 Å². The van der Waals surface area contributed by atoms with Gasteiger partial charge in [-0.1, -0.05) is 23.9 Å². The van der Waals surface area contributed by atoms with Crippen molar-refractivity contribution in [2.45, 2.75) is 16.1 Å².